The summed E-state index contributed by atoms with van der Waals surface area (Å²) in [7, 11) is -0.732. The summed E-state index contributed by atoms with van der Waals surface area (Å²) in [4.78, 5) is 0. The van der Waals surface area contributed by atoms with Crippen LogP contribution in [0.5, 0.6) is 0 Å². The molecule has 0 fully saturated rings. The van der Waals surface area contributed by atoms with E-state index in [4.69, 9.17) is 0 Å². The summed E-state index contributed by atoms with van der Waals surface area (Å²) in [5, 5.41) is 0. The lowest BCUT2D eigenvalue weighted by Crippen LogP contribution is -3.00. The van der Waals surface area contributed by atoms with Gasteiger partial charge in [0.2, 0.25) is 0 Å². The van der Waals surface area contributed by atoms with Crippen LogP contribution in [0.4, 0.5) is 0 Å². The van der Waals surface area contributed by atoms with E-state index in [2.05, 4.69) is 27.7 Å². The minimum Gasteiger partial charge on any atom is -1.00 e. The van der Waals surface area contributed by atoms with Crippen LogP contribution < -0.4 is 12.4 Å². The van der Waals surface area contributed by atoms with Crippen molar-refractivity contribution >= 4 is 7.26 Å². The normalized spacial score (nSPS) is 11.8. The van der Waals surface area contributed by atoms with Crippen molar-refractivity contribution in [1.82, 2.24) is 0 Å². The van der Waals surface area contributed by atoms with Crippen LogP contribution >= 0.6 is 7.26 Å². The molecule has 0 N–H and O–H groups in total. The van der Waals surface area contributed by atoms with Crippen molar-refractivity contribution < 1.29 is 12.4 Å². The standard InChI is InChI=1S/C46H96P.ClH/c1-5-9-13-15-17-19-21-23-25-27-29-31-33-35-37-41-45-47(43-39-11-7-3,44-40-12-8-4)46-42-38-36-34-32-30-28-26-24-22-20-18-16-14-10-6-2;/h5-46H2,1-4H3;1H/q+1;/p-1. The SMILES string of the molecule is CCCCCCCCCCCCCCCCCC[P+](CCCCC)(CCCCC)CCCCCCCCCCCCCCCCCC.[Cl-]. The molecule has 0 spiro atoms. The Hall–Kier alpha value is 0.720. The zero-order chi connectivity index (χ0) is 34.2. The Morgan fingerprint density at radius 3 is 0.500 bits per heavy atom. The summed E-state index contributed by atoms with van der Waals surface area (Å²) in [5.41, 5.74) is 0. The minimum absolute atomic E-state index is 0. The lowest BCUT2D eigenvalue weighted by atomic mass is 10.0. The summed E-state index contributed by atoms with van der Waals surface area (Å²) in [6, 6.07) is 0. The Morgan fingerprint density at radius 2 is 0.312 bits per heavy atom. The maximum Gasteiger partial charge on any atom is 0.0594 e. The molecule has 0 unspecified atom stereocenters. The van der Waals surface area contributed by atoms with E-state index < -0.39 is 7.26 Å². The van der Waals surface area contributed by atoms with E-state index in [0.29, 0.717) is 0 Å². The van der Waals surface area contributed by atoms with E-state index in [0.717, 1.165) is 0 Å². The summed E-state index contributed by atoms with van der Waals surface area (Å²) in [5.74, 6) is 0. The van der Waals surface area contributed by atoms with E-state index in [1.165, 1.54) is 231 Å². The largest absolute Gasteiger partial charge is 1.00 e. The molecule has 0 saturated carbocycles. The van der Waals surface area contributed by atoms with Crippen molar-refractivity contribution in [2.45, 2.75) is 272 Å². The Kier molecular flexibility index (Phi) is 46.5. The third-order valence-corrected chi connectivity index (χ3v) is 16.5. The number of halogens is 1. The first-order valence-corrected chi connectivity index (χ1v) is 25.6. The summed E-state index contributed by atoms with van der Waals surface area (Å²) >= 11 is 0. The third-order valence-electron chi connectivity index (χ3n) is 11.4. The predicted octanol–water partition coefficient (Wildman–Crippen LogP) is 14.9. The summed E-state index contributed by atoms with van der Waals surface area (Å²) in [6.45, 7) is 9.45. The van der Waals surface area contributed by atoms with Crippen molar-refractivity contribution in [2.75, 3.05) is 24.6 Å². The molecule has 0 saturated heterocycles. The van der Waals surface area contributed by atoms with Gasteiger partial charge in [0.15, 0.2) is 0 Å². The van der Waals surface area contributed by atoms with Gasteiger partial charge in [-0.15, -0.1) is 0 Å². The van der Waals surface area contributed by atoms with Crippen LogP contribution in [0.2, 0.25) is 0 Å². The molecular weight excluding hydrogens is 619 g/mol. The Bertz CT molecular complexity index is 500. The highest BCUT2D eigenvalue weighted by molar-refractivity contribution is 7.75. The molecule has 0 atom stereocenters. The fraction of sp³-hybridized carbons (Fsp3) is 1.00. The molecule has 0 aromatic heterocycles. The van der Waals surface area contributed by atoms with Crippen LogP contribution in [0.3, 0.4) is 0 Å². The van der Waals surface area contributed by atoms with Crippen molar-refractivity contribution in [1.29, 1.82) is 0 Å². The van der Waals surface area contributed by atoms with E-state index >= 15 is 0 Å². The maximum absolute atomic E-state index is 2.41. The lowest BCUT2D eigenvalue weighted by Gasteiger charge is -2.28. The molecule has 0 aliphatic heterocycles. The fourth-order valence-corrected chi connectivity index (χ4v) is 13.0. The first-order chi connectivity index (χ1) is 23.2. The van der Waals surface area contributed by atoms with Gasteiger partial charge in [0.05, 0.1) is 24.6 Å². The maximum atomic E-state index is 2.41. The molecule has 0 heterocycles. The second-order valence-corrected chi connectivity index (χ2v) is 20.7. The van der Waals surface area contributed by atoms with Crippen LogP contribution in [0.1, 0.15) is 272 Å². The fourth-order valence-electron chi connectivity index (χ4n) is 8.06. The summed E-state index contributed by atoms with van der Waals surface area (Å²) in [6.07, 6.45) is 63.1. The molecule has 292 valence electrons. The zero-order valence-corrected chi connectivity index (χ0v) is 36.2. The van der Waals surface area contributed by atoms with E-state index in [9.17, 15) is 0 Å². The Labute approximate surface area is 314 Å². The smallest absolute Gasteiger partial charge is 0.0594 e. The highest BCUT2D eigenvalue weighted by Crippen LogP contribution is 2.61. The van der Waals surface area contributed by atoms with Crippen LogP contribution in [0, 0.1) is 0 Å². The summed E-state index contributed by atoms with van der Waals surface area (Å²) < 4.78 is 0. The van der Waals surface area contributed by atoms with Crippen LogP contribution in [-0.2, 0) is 0 Å². The van der Waals surface area contributed by atoms with E-state index in [1.54, 1.807) is 37.5 Å². The molecule has 0 rings (SSSR count). The first kappa shape index (κ1) is 50.8. The topological polar surface area (TPSA) is 0 Å². The molecule has 0 aromatic carbocycles. The van der Waals surface area contributed by atoms with Crippen molar-refractivity contribution in [3.63, 3.8) is 0 Å². The molecule has 0 radical (unpaired) electrons. The van der Waals surface area contributed by atoms with Crippen LogP contribution in [-0.4, -0.2) is 24.6 Å². The number of unbranched alkanes of at least 4 members (excludes halogenated alkanes) is 34. The molecular formula is C46H96ClP. The second kappa shape index (κ2) is 43.9. The Balaban J connectivity index is 0. The van der Waals surface area contributed by atoms with Gasteiger partial charge in [-0.25, -0.2) is 0 Å². The van der Waals surface area contributed by atoms with Gasteiger partial charge in [-0.3, -0.25) is 0 Å². The number of hydrogen-bond donors (Lipinski definition) is 0. The second-order valence-electron chi connectivity index (χ2n) is 16.3. The molecule has 0 aliphatic rings. The van der Waals surface area contributed by atoms with Gasteiger partial charge in [0.25, 0.3) is 0 Å². The molecule has 48 heavy (non-hydrogen) atoms. The van der Waals surface area contributed by atoms with Gasteiger partial charge in [-0.1, -0.05) is 233 Å². The first-order valence-electron chi connectivity index (χ1n) is 23.1. The van der Waals surface area contributed by atoms with Crippen LogP contribution in [0.15, 0.2) is 0 Å². The highest BCUT2D eigenvalue weighted by Gasteiger charge is 2.34. The van der Waals surface area contributed by atoms with Crippen molar-refractivity contribution in [3.8, 4) is 0 Å². The van der Waals surface area contributed by atoms with Gasteiger partial charge < -0.3 is 12.4 Å². The quantitative estimate of drug-likeness (QED) is 0.0436. The number of hydrogen-bond acceptors (Lipinski definition) is 0. The van der Waals surface area contributed by atoms with E-state index in [-0.39, 0.29) is 12.4 Å². The third kappa shape index (κ3) is 38.0. The van der Waals surface area contributed by atoms with Crippen molar-refractivity contribution in [3.05, 3.63) is 0 Å². The molecule has 0 bridgehead atoms. The monoisotopic (exact) mass is 715 g/mol. The molecule has 0 aliphatic carbocycles. The highest BCUT2D eigenvalue weighted by atomic mass is 35.5. The van der Waals surface area contributed by atoms with Gasteiger partial charge in [0, 0.05) is 7.26 Å². The van der Waals surface area contributed by atoms with Gasteiger partial charge in [-0.05, 0) is 38.5 Å². The molecule has 0 amide bonds. The number of rotatable bonds is 42. The predicted molar refractivity (Wildman–Crippen MR) is 225 cm³/mol. The average molecular weight is 716 g/mol. The lowest BCUT2D eigenvalue weighted by molar-refractivity contribution is -0.0000106. The average Bonchev–Trinajstić information content (AvgIpc) is 3.08. The van der Waals surface area contributed by atoms with Gasteiger partial charge in [-0.2, -0.15) is 0 Å². The Morgan fingerprint density at radius 1 is 0.188 bits per heavy atom. The minimum atomic E-state index is -0.732. The van der Waals surface area contributed by atoms with Crippen LogP contribution in [0.25, 0.3) is 0 Å². The molecule has 2 heteroatoms. The van der Waals surface area contributed by atoms with Gasteiger partial charge >= 0.3 is 0 Å². The molecule has 0 aromatic rings. The van der Waals surface area contributed by atoms with Gasteiger partial charge in [0.1, 0.15) is 0 Å². The zero-order valence-electron chi connectivity index (χ0n) is 34.5. The van der Waals surface area contributed by atoms with E-state index in [1.807, 2.05) is 0 Å². The van der Waals surface area contributed by atoms with Crippen molar-refractivity contribution in [2.24, 2.45) is 0 Å². The molecule has 0 nitrogen and oxygen atoms in total.